The molecule has 5 heteroatoms. The van der Waals surface area contributed by atoms with Gasteiger partial charge in [-0.2, -0.15) is 5.10 Å². The molecule has 3 aromatic rings. The molecule has 0 spiro atoms. The molecule has 0 aliphatic carbocycles. The van der Waals surface area contributed by atoms with Crippen molar-refractivity contribution in [3.8, 4) is 11.1 Å². The van der Waals surface area contributed by atoms with Gasteiger partial charge in [-0.3, -0.25) is 9.59 Å². The first-order chi connectivity index (χ1) is 14.7. The number of nitrogens with one attached hydrogen (secondary N) is 1. The minimum absolute atomic E-state index is 0.129. The zero-order valence-corrected chi connectivity index (χ0v) is 16.6. The number of hydrazone groups is 1. The van der Waals surface area contributed by atoms with Crippen molar-refractivity contribution < 1.29 is 9.59 Å². The van der Waals surface area contributed by atoms with Crippen LogP contribution in [0.2, 0.25) is 0 Å². The van der Waals surface area contributed by atoms with Crippen LogP contribution in [0, 0.1) is 0 Å². The van der Waals surface area contributed by atoms with Crippen molar-refractivity contribution in [1.29, 1.82) is 0 Å². The zero-order valence-electron chi connectivity index (χ0n) is 16.6. The van der Waals surface area contributed by atoms with Crippen LogP contribution in [0.4, 0.5) is 5.69 Å². The molecule has 1 N–H and O–H groups in total. The van der Waals surface area contributed by atoms with E-state index in [1.54, 1.807) is 0 Å². The number of hydrogen-bond donors (Lipinski definition) is 1. The lowest BCUT2D eigenvalue weighted by Crippen LogP contribution is -2.24. The third-order valence-electron chi connectivity index (χ3n) is 5.04. The van der Waals surface area contributed by atoms with Gasteiger partial charge in [0.25, 0.3) is 0 Å². The summed E-state index contributed by atoms with van der Waals surface area (Å²) >= 11 is 0. The van der Waals surface area contributed by atoms with Crippen LogP contribution in [0.15, 0.2) is 90.0 Å². The summed E-state index contributed by atoms with van der Waals surface area (Å²) < 4.78 is 0. The van der Waals surface area contributed by atoms with Gasteiger partial charge in [-0.15, -0.1) is 0 Å². The molecule has 1 aliphatic heterocycles. The quantitative estimate of drug-likeness (QED) is 0.655. The van der Waals surface area contributed by atoms with Gasteiger partial charge in [0.1, 0.15) is 0 Å². The lowest BCUT2D eigenvalue weighted by molar-refractivity contribution is -0.132. The second-order valence-corrected chi connectivity index (χ2v) is 7.17. The van der Waals surface area contributed by atoms with Gasteiger partial charge in [0.15, 0.2) is 0 Å². The van der Waals surface area contributed by atoms with Crippen LogP contribution in [0.1, 0.15) is 24.8 Å². The maximum absolute atomic E-state index is 12.4. The number of amides is 2. The summed E-state index contributed by atoms with van der Waals surface area (Å²) in [7, 11) is 0. The molecule has 1 aliphatic rings. The van der Waals surface area contributed by atoms with E-state index in [9.17, 15) is 9.59 Å². The van der Waals surface area contributed by atoms with Crippen LogP contribution in [0.3, 0.4) is 0 Å². The molecule has 2 amide bonds. The molecule has 0 fully saturated rings. The third-order valence-corrected chi connectivity index (χ3v) is 5.04. The monoisotopic (exact) mass is 397 g/mol. The lowest BCUT2D eigenvalue weighted by Gasteiger charge is -2.11. The first-order valence-electron chi connectivity index (χ1n) is 10.1. The van der Waals surface area contributed by atoms with Crippen LogP contribution in [0.5, 0.6) is 0 Å². The van der Waals surface area contributed by atoms with E-state index in [0.717, 1.165) is 34.5 Å². The molecule has 1 heterocycles. The summed E-state index contributed by atoms with van der Waals surface area (Å²) in [6.07, 6.45) is 1.00. The molecule has 150 valence electrons. The summed E-state index contributed by atoms with van der Waals surface area (Å²) in [6, 6.07) is 27.6. The Morgan fingerprint density at radius 3 is 2.03 bits per heavy atom. The minimum atomic E-state index is -0.178. The summed E-state index contributed by atoms with van der Waals surface area (Å²) in [5.41, 5.74) is 4.88. The molecule has 0 bridgehead atoms. The Kier molecular flexibility index (Phi) is 5.99. The molecule has 0 saturated carbocycles. The molecule has 4 rings (SSSR count). The summed E-state index contributed by atoms with van der Waals surface area (Å²) in [5, 5.41) is 8.76. The van der Waals surface area contributed by atoms with Crippen molar-refractivity contribution in [3.05, 3.63) is 90.5 Å². The van der Waals surface area contributed by atoms with Crippen molar-refractivity contribution in [1.82, 2.24) is 5.01 Å². The summed E-state index contributed by atoms with van der Waals surface area (Å²) in [6.45, 7) is 0.561. The Bertz CT molecular complexity index is 1040. The van der Waals surface area contributed by atoms with E-state index in [4.69, 9.17) is 0 Å². The lowest BCUT2D eigenvalue weighted by atomic mass is 10.1. The average molecular weight is 397 g/mol. The Morgan fingerprint density at radius 2 is 1.37 bits per heavy atom. The van der Waals surface area contributed by atoms with E-state index < -0.39 is 0 Å². The summed E-state index contributed by atoms with van der Waals surface area (Å²) in [5.74, 6) is -0.308. The number of rotatable bonds is 6. The van der Waals surface area contributed by atoms with E-state index in [1.807, 2.05) is 84.9 Å². The smallest absolute Gasteiger partial charge is 0.243 e. The molecule has 0 aromatic heterocycles. The predicted octanol–water partition coefficient (Wildman–Crippen LogP) is 4.71. The van der Waals surface area contributed by atoms with E-state index in [-0.39, 0.29) is 24.7 Å². The molecule has 0 atom stereocenters. The van der Waals surface area contributed by atoms with Crippen LogP contribution in [0.25, 0.3) is 11.1 Å². The highest BCUT2D eigenvalue weighted by Gasteiger charge is 2.21. The van der Waals surface area contributed by atoms with Crippen LogP contribution in [-0.4, -0.2) is 29.1 Å². The number of carbonyl (C=O) groups is 2. The average Bonchev–Trinajstić information content (AvgIpc) is 3.30. The Hall–Kier alpha value is -3.73. The van der Waals surface area contributed by atoms with Gasteiger partial charge in [0.05, 0.1) is 12.3 Å². The normalized spacial score (nSPS) is 13.1. The number of carbonyl (C=O) groups excluding carboxylic acids is 2. The van der Waals surface area contributed by atoms with Gasteiger partial charge in [-0.25, -0.2) is 5.01 Å². The highest BCUT2D eigenvalue weighted by atomic mass is 16.2. The van der Waals surface area contributed by atoms with Crippen molar-refractivity contribution in [3.63, 3.8) is 0 Å². The van der Waals surface area contributed by atoms with Crippen molar-refractivity contribution in [2.45, 2.75) is 19.3 Å². The Labute approximate surface area is 176 Å². The van der Waals surface area contributed by atoms with Gasteiger partial charge < -0.3 is 5.32 Å². The second kappa shape index (κ2) is 9.18. The number of hydrogen-bond acceptors (Lipinski definition) is 3. The molecule has 0 unspecified atom stereocenters. The molecular weight excluding hydrogens is 374 g/mol. The Balaban J connectivity index is 1.28. The number of anilines is 1. The molecule has 3 aromatic carbocycles. The molecule has 5 nitrogen and oxygen atoms in total. The zero-order chi connectivity index (χ0) is 20.8. The highest BCUT2D eigenvalue weighted by Crippen LogP contribution is 2.21. The van der Waals surface area contributed by atoms with Gasteiger partial charge in [0.2, 0.25) is 11.8 Å². The van der Waals surface area contributed by atoms with Crippen molar-refractivity contribution in [2.75, 3.05) is 11.9 Å². The fourth-order valence-corrected chi connectivity index (χ4v) is 3.42. The SMILES string of the molecule is O=C(CCC(=O)N1CCC(c2ccccc2)=N1)Nc1ccc(-c2ccccc2)cc1. The molecule has 30 heavy (non-hydrogen) atoms. The van der Waals surface area contributed by atoms with Crippen LogP contribution in [-0.2, 0) is 9.59 Å². The van der Waals surface area contributed by atoms with Crippen LogP contribution < -0.4 is 5.32 Å². The van der Waals surface area contributed by atoms with Crippen LogP contribution >= 0.6 is 0 Å². The molecule has 0 radical (unpaired) electrons. The second-order valence-electron chi connectivity index (χ2n) is 7.17. The predicted molar refractivity (Wildman–Crippen MR) is 119 cm³/mol. The first-order valence-corrected chi connectivity index (χ1v) is 10.1. The van der Waals surface area contributed by atoms with E-state index in [1.165, 1.54) is 5.01 Å². The van der Waals surface area contributed by atoms with Gasteiger partial charge in [-0.05, 0) is 28.8 Å². The van der Waals surface area contributed by atoms with Gasteiger partial charge >= 0.3 is 0 Å². The van der Waals surface area contributed by atoms with Crippen molar-refractivity contribution in [2.24, 2.45) is 5.10 Å². The first kappa shape index (κ1) is 19.6. The molecular formula is C25H23N3O2. The number of benzene rings is 3. The number of nitrogens with zero attached hydrogens (tertiary/aromatic N) is 2. The minimum Gasteiger partial charge on any atom is -0.326 e. The molecule has 0 saturated heterocycles. The topological polar surface area (TPSA) is 61.8 Å². The maximum Gasteiger partial charge on any atom is 0.243 e. The highest BCUT2D eigenvalue weighted by molar-refractivity contribution is 6.02. The fraction of sp³-hybridized carbons (Fsp3) is 0.160. The van der Waals surface area contributed by atoms with E-state index in [0.29, 0.717) is 6.54 Å². The summed E-state index contributed by atoms with van der Waals surface area (Å²) in [4.78, 5) is 24.7. The van der Waals surface area contributed by atoms with Gasteiger partial charge in [0, 0.05) is 24.9 Å². The van der Waals surface area contributed by atoms with E-state index in [2.05, 4.69) is 10.4 Å². The van der Waals surface area contributed by atoms with Gasteiger partial charge in [-0.1, -0.05) is 72.8 Å². The Morgan fingerprint density at radius 1 is 0.767 bits per heavy atom. The largest absolute Gasteiger partial charge is 0.326 e. The van der Waals surface area contributed by atoms with Crippen molar-refractivity contribution >= 4 is 23.2 Å². The fourth-order valence-electron chi connectivity index (χ4n) is 3.42. The standard InChI is InChI=1S/C25H23N3O2/c29-24(26-22-13-11-20(12-14-22)19-7-3-1-4-8-19)15-16-25(30)28-18-17-23(27-28)21-9-5-2-6-10-21/h1-14H,15-18H2,(H,26,29). The third kappa shape index (κ3) is 4.81. The maximum atomic E-state index is 12.4. The van der Waals surface area contributed by atoms with E-state index >= 15 is 0 Å².